The van der Waals surface area contributed by atoms with Crippen LogP contribution in [0.15, 0.2) is 53.1 Å². The van der Waals surface area contributed by atoms with Gasteiger partial charge in [0.25, 0.3) is 5.91 Å². The molecule has 2 aromatic carbocycles. The molecule has 9 heteroatoms. The van der Waals surface area contributed by atoms with Crippen LogP contribution in [0.3, 0.4) is 0 Å². The second-order valence-corrected chi connectivity index (χ2v) is 7.26. The topological polar surface area (TPSA) is 97.6 Å². The van der Waals surface area contributed by atoms with E-state index in [1.54, 1.807) is 41.3 Å². The van der Waals surface area contributed by atoms with Gasteiger partial charge in [0.1, 0.15) is 11.6 Å². The molecule has 0 radical (unpaired) electrons. The Kier molecular flexibility index (Phi) is 5.92. The second-order valence-electron chi connectivity index (χ2n) is 7.26. The molecule has 31 heavy (non-hydrogen) atoms. The highest BCUT2D eigenvalue weighted by atomic mass is 19.1. The van der Waals surface area contributed by atoms with Gasteiger partial charge in [-0.3, -0.25) is 9.59 Å². The lowest BCUT2D eigenvalue weighted by Crippen LogP contribution is -2.24. The van der Waals surface area contributed by atoms with E-state index in [4.69, 9.17) is 9.26 Å². The third kappa shape index (κ3) is 4.88. The van der Waals surface area contributed by atoms with Gasteiger partial charge in [0.05, 0.1) is 13.7 Å². The fourth-order valence-electron chi connectivity index (χ4n) is 3.44. The van der Waals surface area contributed by atoms with Crippen molar-refractivity contribution in [1.82, 2.24) is 20.4 Å². The fraction of sp³-hybridized carbons (Fsp3) is 0.273. The number of hydrogen-bond donors (Lipinski definition) is 1. The van der Waals surface area contributed by atoms with Crippen molar-refractivity contribution in [3.63, 3.8) is 0 Å². The minimum absolute atomic E-state index is 0.0213. The maximum absolute atomic E-state index is 13.1. The molecule has 2 heterocycles. The number of rotatable bonds is 7. The zero-order chi connectivity index (χ0) is 21.8. The number of carbonyl (C=O) groups is 2. The van der Waals surface area contributed by atoms with E-state index in [0.29, 0.717) is 30.2 Å². The number of ether oxygens (including phenoxy) is 1. The molecule has 1 fully saturated rings. The molecular formula is C22H21FN4O4. The molecule has 2 amide bonds. The van der Waals surface area contributed by atoms with Crippen molar-refractivity contribution >= 4 is 11.8 Å². The summed E-state index contributed by atoms with van der Waals surface area (Å²) in [5.74, 6) is 0.457. The highest BCUT2D eigenvalue weighted by Gasteiger charge is 2.33. The zero-order valence-electron chi connectivity index (χ0n) is 16.9. The maximum Gasteiger partial charge on any atom is 0.251 e. The first kappa shape index (κ1) is 20.5. The van der Waals surface area contributed by atoms with Crippen LogP contribution in [0.1, 0.15) is 40.0 Å². The standard InChI is InChI=1S/C22H21FN4O4/c1-30-18-4-2-3-15(9-18)22(29)24-11-19-25-21(26-31-19)16-10-20(28)27(13-16)12-14-5-7-17(23)8-6-14/h2-9,16H,10-13H2,1H3,(H,24,29)/t16-/m0/s1. The van der Waals surface area contributed by atoms with Gasteiger partial charge in [-0.25, -0.2) is 4.39 Å². The number of nitrogens with zero attached hydrogens (tertiary/aromatic N) is 3. The Morgan fingerprint density at radius 3 is 2.87 bits per heavy atom. The Bertz CT molecular complexity index is 1080. The normalized spacial score (nSPS) is 15.9. The van der Waals surface area contributed by atoms with Crippen LogP contribution in [0.25, 0.3) is 0 Å². The summed E-state index contributed by atoms with van der Waals surface area (Å²) in [6, 6.07) is 12.9. The first-order chi connectivity index (χ1) is 15.0. The summed E-state index contributed by atoms with van der Waals surface area (Å²) in [6.45, 7) is 0.922. The number of carbonyl (C=O) groups excluding carboxylic acids is 2. The molecule has 1 atom stereocenters. The minimum atomic E-state index is -0.313. The zero-order valence-corrected chi connectivity index (χ0v) is 16.9. The van der Waals surface area contributed by atoms with Gasteiger partial charge in [-0.15, -0.1) is 0 Å². The van der Waals surface area contributed by atoms with Gasteiger partial charge in [0.15, 0.2) is 5.82 Å². The molecule has 1 aliphatic rings. The first-order valence-electron chi connectivity index (χ1n) is 9.79. The summed E-state index contributed by atoms with van der Waals surface area (Å²) < 4.78 is 23.4. The lowest BCUT2D eigenvalue weighted by Gasteiger charge is -2.16. The maximum atomic E-state index is 13.1. The molecule has 1 N–H and O–H groups in total. The lowest BCUT2D eigenvalue weighted by atomic mass is 10.1. The van der Waals surface area contributed by atoms with E-state index >= 15 is 0 Å². The number of halogens is 1. The highest BCUT2D eigenvalue weighted by Crippen LogP contribution is 2.27. The Morgan fingerprint density at radius 2 is 2.10 bits per heavy atom. The molecule has 160 valence electrons. The van der Waals surface area contributed by atoms with Gasteiger partial charge < -0.3 is 19.5 Å². The number of likely N-dealkylation sites (tertiary alicyclic amines) is 1. The number of benzene rings is 2. The first-order valence-corrected chi connectivity index (χ1v) is 9.79. The van der Waals surface area contributed by atoms with Gasteiger partial charge in [-0.2, -0.15) is 4.98 Å². The Labute approximate surface area is 178 Å². The summed E-state index contributed by atoms with van der Waals surface area (Å²) in [7, 11) is 1.53. The van der Waals surface area contributed by atoms with Gasteiger partial charge in [-0.05, 0) is 35.9 Å². The predicted octanol–water partition coefficient (Wildman–Crippen LogP) is 2.66. The van der Waals surface area contributed by atoms with E-state index in [2.05, 4.69) is 15.5 Å². The van der Waals surface area contributed by atoms with Crippen molar-refractivity contribution in [3.05, 3.63) is 77.2 Å². The number of amides is 2. The smallest absolute Gasteiger partial charge is 0.251 e. The largest absolute Gasteiger partial charge is 0.497 e. The Balaban J connectivity index is 1.33. The number of nitrogens with one attached hydrogen (secondary N) is 1. The van der Waals surface area contributed by atoms with Gasteiger partial charge in [0, 0.05) is 31.0 Å². The average Bonchev–Trinajstić information content (AvgIpc) is 3.40. The summed E-state index contributed by atoms with van der Waals surface area (Å²) in [5.41, 5.74) is 1.31. The number of aromatic nitrogens is 2. The number of methoxy groups -OCH3 is 1. The molecule has 1 saturated heterocycles. The van der Waals surface area contributed by atoms with Gasteiger partial charge in [-0.1, -0.05) is 23.4 Å². The van der Waals surface area contributed by atoms with Crippen LogP contribution >= 0.6 is 0 Å². The molecule has 1 aromatic heterocycles. The van der Waals surface area contributed by atoms with Gasteiger partial charge in [0.2, 0.25) is 11.8 Å². The minimum Gasteiger partial charge on any atom is -0.497 e. The second kappa shape index (κ2) is 8.95. The summed E-state index contributed by atoms with van der Waals surface area (Å²) in [5, 5.41) is 6.70. The molecule has 4 rings (SSSR count). The van der Waals surface area contributed by atoms with E-state index in [-0.39, 0.29) is 42.4 Å². The van der Waals surface area contributed by atoms with Gasteiger partial charge >= 0.3 is 0 Å². The van der Waals surface area contributed by atoms with E-state index in [1.807, 2.05) is 0 Å². The fourth-order valence-corrected chi connectivity index (χ4v) is 3.44. The van der Waals surface area contributed by atoms with E-state index in [1.165, 1.54) is 19.2 Å². The van der Waals surface area contributed by atoms with Crippen LogP contribution in [0.4, 0.5) is 4.39 Å². The number of hydrogen-bond acceptors (Lipinski definition) is 6. The van der Waals surface area contributed by atoms with Crippen LogP contribution in [0.2, 0.25) is 0 Å². The average molecular weight is 424 g/mol. The van der Waals surface area contributed by atoms with Crippen LogP contribution in [-0.4, -0.2) is 40.5 Å². The molecular weight excluding hydrogens is 403 g/mol. The SMILES string of the molecule is COc1cccc(C(=O)NCc2nc([C@H]3CC(=O)N(Cc4ccc(F)cc4)C3)no2)c1. The Hall–Kier alpha value is -3.75. The summed E-state index contributed by atoms with van der Waals surface area (Å²) >= 11 is 0. The molecule has 0 saturated carbocycles. The van der Waals surface area contributed by atoms with Crippen molar-refractivity contribution in [1.29, 1.82) is 0 Å². The summed E-state index contributed by atoms with van der Waals surface area (Å²) in [4.78, 5) is 30.7. The summed E-state index contributed by atoms with van der Waals surface area (Å²) in [6.07, 6.45) is 0.274. The van der Waals surface area contributed by atoms with Crippen molar-refractivity contribution in [2.24, 2.45) is 0 Å². The molecule has 0 aliphatic carbocycles. The third-order valence-corrected chi connectivity index (χ3v) is 5.08. The quantitative estimate of drug-likeness (QED) is 0.626. The van der Waals surface area contributed by atoms with Crippen LogP contribution in [-0.2, 0) is 17.9 Å². The Morgan fingerprint density at radius 1 is 1.29 bits per heavy atom. The van der Waals surface area contributed by atoms with Crippen molar-refractivity contribution in [2.75, 3.05) is 13.7 Å². The molecule has 3 aromatic rings. The van der Waals surface area contributed by atoms with E-state index in [0.717, 1.165) is 5.56 Å². The lowest BCUT2D eigenvalue weighted by molar-refractivity contribution is -0.128. The van der Waals surface area contributed by atoms with Crippen LogP contribution < -0.4 is 10.1 Å². The molecule has 8 nitrogen and oxygen atoms in total. The monoisotopic (exact) mass is 424 g/mol. The van der Waals surface area contributed by atoms with Crippen molar-refractivity contribution in [3.8, 4) is 5.75 Å². The van der Waals surface area contributed by atoms with Crippen molar-refractivity contribution < 1.29 is 23.2 Å². The highest BCUT2D eigenvalue weighted by molar-refractivity contribution is 5.94. The molecule has 0 unspecified atom stereocenters. The van der Waals surface area contributed by atoms with E-state index < -0.39 is 0 Å². The van der Waals surface area contributed by atoms with E-state index in [9.17, 15) is 14.0 Å². The molecule has 0 bridgehead atoms. The molecule has 1 aliphatic heterocycles. The molecule has 0 spiro atoms. The van der Waals surface area contributed by atoms with Crippen LogP contribution in [0.5, 0.6) is 5.75 Å². The predicted molar refractivity (Wildman–Crippen MR) is 108 cm³/mol. The van der Waals surface area contributed by atoms with Crippen LogP contribution in [0, 0.1) is 5.82 Å². The third-order valence-electron chi connectivity index (χ3n) is 5.08. The van der Waals surface area contributed by atoms with Crippen molar-refractivity contribution in [2.45, 2.75) is 25.4 Å².